The van der Waals surface area contributed by atoms with Crippen LogP contribution < -0.4 is 10.6 Å². The number of carbonyl (C=O) groups is 1. The lowest BCUT2D eigenvalue weighted by Gasteiger charge is -2.30. The van der Waals surface area contributed by atoms with Crippen LogP contribution in [0.2, 0.25) is 0 Å². The highest BCUT2D eigenvalue weighted by molar-refractivity contribution is 5.95. The number of amides is 1. The van der Waals surface area contributed by atoms with Crippen molar-refractivity contribution in [3.05, 3.63) is 66.2 Å². The molecule has 2 atom stereocenters. The van der Waals surface area contributed by atoms with E-state index in [9.17, 15) is 4.79 Å². The van der Waals surface area contributed by atoms with Gasteiger partial charge in [0.05, 0.1) is 12.5 Å². The Labute approximate surface area is 144 Å². The van der Waals surface area contributed by atoms with Crippen LogP contribution in [0.25, 0.3) is 0 Å². The third kappa shape index (κ3) is 4.04. The first-order valence-corrected chi connectivity index (χ1v) is 8.91. The molecule has 1 fully saturated rings. The molecule has 0 heterocycles. The molecule has 0 saturated heterocycles. The van der Waals surface area contributed by atoms with Crippen LogP contribution in [0.4, 0.5) is 5.69 Å². The van der Waals surface area contributed by atoms with E-state index in [1.807, 2.05) is 53.4 Å². The molecule has 1 aliphatic carbocycles. The minimum absolute atomic E-state index is 0.0259. The van der Waals surface area contributed by atoms with Gasteiger partial charge >= 0.3 is 0 Å². The first-order chi connectivity index (χ1) is 11.8. The highest BCUT2D eigenvalue weighted by Crippen LogP contribution is 2.27. The molecule has 0 bridgehead atoms. The fourth-order valence-corrected chi connectivity index (χ4v) is 3.51. The molecule has 1 aliphatic rings. The van der Waals surface area contributed by atoms with Crippen LogP contribution in [-0.2, 0) is 11.3 Å². The van der Waals surface area contributed by atoms with Gasteiger partial charge in [-0.1, -0.05) is 67.8 Å². The fourth-order valence-electron chi connectivity index (χ4n) is 3.51. The summed E-state index contributed by atoms with van der Waals surface area (Å²) >= 11 is 0. The number of hydrogen-bond acceptors (Lipinski definition) is 2. The van der Waals surface area contributed by atoms with Gasteiger partial charge in [0, 0.05) is 11.7 Å². The molecule has 24 heavy (non-hydrogen) atoms. The van der Waals surface area contributed by atoms with Crippen molar-refractivity contribution in [1.82, 2.24) is 0 Å². The average molecular weight is 322 g/mol. The van der Waals surface area contributed by atoms with Crippen molar-refractivity contribution in [2.24, 2.45) is 11.7 Å². The largest absolute Gasteiger partial charge is 0.327 e. The summed E-state index contributed by atoms with van der Waals surface area (Å²) in [6.45, 7) is 0.590. The third-order valence-electron chi connectivity index (χ3n) is 4.90. The lowest BCUT2D eigenvalue weighted by atomic mass is 9.93. The standard InChI is InChI=1S/C21H26N2O/c22-20-15-9-3-8-14-19(20)21(24)23(18-12-6-2-7-13-18)16-17-10-4-1-5-11-17/h1-2,4-7,10-13,19-20H,3,8-9,14-16,22H2. The predicted octanol–water partition coefficient (Wildman–Crippen LogP) is 4.13. The highest BCUT2D eigenvalue weighted by Gasteiger charge is 2.31. The van der Waals surface area contributed by atoms with E-state index >= 15 is 0 Å². The maximum absolute atomic E-state index is 13.3. The molecule has 0 aliphatic heterocycles. The van der Waals surface area contributed by atoms with Crippen LogP contribution in [0.3, 0.4) is 0 Å². The molecule has 2 unspecified atom stereocenters. The topological polar surface area (TPSA) is 46.3 Å². The Hall–Kier alpha value is -2.13. The highest BCUT2D eigenvalue weighted by atomic mass is 16.2. The molecule has 1 saturated carbocycles. The Morgan fingerprint density at radius 2 is 1.54 bits per heavy atom. The quantitative estimate of drug-likeness (QED) is 0.860. The van der Waals surface area contributed by atoms with Crippen molar-refractivity contribution < 1.29 is 4.79 Å². The summed E-state index contributed by atoms with van der Waals surface area (Å²) in [6.07, 6.45) is 5.26. The lowest BCUT2D eigenvalue weighted by molar-refractivity contribution is -0.123. The van der Waals surface area contributed by atoms with Gasteiger partial charge in [0.1, 0.15) is 0 Å². The normalized spacial score (nSPS) is 21.0. The smallest absolute Gasteiger partial charge is 0.231 e. The molecule has 3 rings (SSSR count). The van der Waals surface area contributed by atoms with Crippen LogP contribution in [0.5, 0.6) is 0 Å². The second kappa shape index (κ2) is 8.11. The summed E-state index contributed by atoms with van der Waals surface area (Å²) in [5, 5.41) is 0. The van der Waals surface area contributed by atoms with Gasteiger partial charge in [0.2, 0.25) is 5.91 Å². The molecule has 2 aromatic carbocycles. The van der Waals surface area contributed by atoms with E-state index in [4.69, 9.17) is 5.73 Å². The first-order valence-electron chi connectivity index (χ1n) is 8.91. The number of rotatable bonds is 4. The maximum atomic E-state index is 13.3. The second-order valence-electron chi connectivity index (χ2n) is 6.65. The number of anilines is 1. The van der Waals surface area contributed by atoms with Crippen molar-refractivity contribution >= 4 is 11.6 Å². The Bertz CT molecular complexity index is 641. The molecule has 1 amide bonds. The van der Waals surface area contributed by atoms with Crippen molar-refractivity contribution in [3.63, 3.8) is 0 Å². The molecule has 2 N–H and O–H groups in total. The first kappa shape index (κ1) is 16.7. The van der Waals surface area contributed by atoms with Gasteiger partial charge in [-0.2, -0.15) is 0 Å². The summed E-state index contributed by atoms with van der Waals surface area (Å²) in [7, 11) is 0. The average Bonchev–Trinajstić information content (AvgIpc) is 2.85. The van der Waals surface area contributed by atoms with Crippen LogP contribution in [0, 0.1) is 5.92 Å². The zero-order chi connectivity index (χ0) is 16.8. The molecule has 126 valence electrons. The van der Waals surface area contributed by atoms with E-state index in [0.717, 1.165) is 36.9 Å². The van der Waals surface area contributed by atoms with Crippen LogP contribution >= 0.6 is 0 Å². The van der Waals surface area contributed by atoms with Gasteiger partial charge < -0.3 is 10.6 Å². The van der Waals surface area contributed by atoms with Crippen molar-refractivity contribution in [3.8, 4) is 0 Å². The Morgan fingerprint density at radius 1 is 0.917 bits per heavy atom. The molecule has 0 aromatic heterocycles. The van der Waals surface area contributed by atoms with Gasteiger partial charge in [-0.25, -0.2) is 0 Å². The van der Waals surface area contributed by atoms with Crippen molar-refractivity contribution in [1.29, 1.82) is 0 Å². The van der Waals surface area contributed by atoms with E-state index in [1.54, 1.807) is 0 Å². The summed E-state index contributed by atoms with van der Waals surface area (Å²) in [6, 6.07) is 20.1. The second-order valence-corrected chi connectivity index (χ2v) is 6.65. The molecule has 0 spiro atoms. The zero-order valence-electron chi connectivity index (χ0n) is 14.1. The number of nitrogens with two attached hydrogens (primary N) is 1. The summed E-state index contributed by atoms with van der Waals surface area (Å²) < 4.78 is 0. The summed E-state index contributed by atoms with van der Waals surface area (Å²) in [4.78, 5) is 15.2. The number of carbonyl (C=O) groups excluding carboxylic acids is 1. The van der Waals surface area contributed by atoms with Crippen molar-refractivity contribution in [2.75, 3.05) is 4.90 Å². The molecule has 3 nitrogen and oxygen atoms in total. The summed E-state index contributed by atoms with van der Waals surface area (Å²) in [5.74, 6) is 0.0934. The minimum atomic E-state index is -0.0728. The SMILES string of the molecule is NC1CCCCCC1C(=O)N(Cc1ccccc1)c1ccccc1. The molecule has 3 heteroatoms. The van der Waals surface area contributed by atoms with E-state index in [1.165, 1.54) is 6.42 Å². The van der Waals surface area contributed by atoms with Gasteiger partial charge in [-0.05, 0) is 30.5 Å². The maximum Gasteiger partial charge on any atom is 0.231 e. The number of para-hydroxylation sites is 1. The Morgan fingerprint density at radius 3 is 2.25 bits per heavy atom. The molecule has 0 radical (unpaired) electrons. The van der Waals surface area contributed by atoms with Crippen LogP contribution in [-0.4, -0.2) is 11.9 Å². The molecular weight excluding hydrogens is 296 g/mol. The van der Waals surface area contributed by atoms with Crippen LogP contribution in [0.15, 0.2) is 60.7 Å². The monoisotopic (exact) mass is 322 g/mol. The summed E-state index contributed by atoms with van der Waals surface area (Å²) in [5.41, 5.74) is 8.42. The Kier molecular flexibility index (Phi) is 5.65. The number of nitrogens with zero attached hydrogens (tertiary/aromatic N) is 1. The minimum Gasteiger partial charge on any atom is -0.327 e. The van der Waals surface area contributed by atoms with Gasteiger partial charge in [0.15, 0.2) is 0 Å². The van der Waals surface area contributed by atoms with E-state index in [2.05, 4.69) is 12.1 Å². The predicted molar refractivity (Wildman–Crippen MR) is 98.6 cm³/mol. The van der Waals surface area contributed by atoms with E-state index in [0.29, 0.717) is 6.54 Å². The fraction of sp³-hybridized carbons (Fsp3) is 0.381. The van der Waals surface area contributed by atoms with Crippen molar-refractivity contribution in [2.45, 2.75) is 44.7 Å². The molecular formula is C21H26N2O. The van der Waals surface area contributed by atoms with E-state index in [-0.39, 0.29) is 17.9 Å². The number of benzene rings is 2. The number of hydrogen-bond donors (Lipinski definition) is 1. The molecule has 2 aromatic rings. The zero-order valence-corrected chi connectivity index (χ0v) is 14.1. The lowest BCUT2D eigenvalue weighted by Crippen LogP contribution is -2.43. The third-order valence-corrected chi connectivity index (χ3v) is 4.90. The van der Waals surface area contributed by atoms with Gasteiger partial charge in [0.25, 0.3) is 0 Å². The van der Waals surface area contributed by atoms with Gasteiger partial charge in [-0.15, -0.1) is 0 Å². The van der Waals surface area contributed by atoms with Crippen LogP contribution in [0.1, 0.15) is 37.7 Å². The van der Waals surface area contributed by atoms with Gasteiger partial charge in [-0.3, -0.25) is 4.79 Å². The Balaban J connectivity index is 1.87. The van der Waals surface area contributed by atoms with E-state index < -0.39 is 0 Å².